The van der Waals surface area contributed by atoms with Crippen LogP contribution in [0.4, 0.5) is 5.69 Å². The van der Waals surface area contributed by atoms with Gasteiger partial charge in [-0.3, -0.25) is 14.9 Å². The molecule has 0 saturated carbocycles. The minimum atomic E-state index is -0.509. The van der Waals surface area contributed by atoms with Crippen LogP contribution in [0.25, 0.3) is 33.5 Å². The number of benzene rings is 4. The van der Waals surface area contributed by atoms with Crippen molar-refractivity contribution in [1.29, 1.82) is 0 Å². The lowest BCUT2D eigenvalue weighted by atomic mass is 10.1. The van der Waals surface area contributed by atoms with Gasteiger partial charge in [0.1, 0.15) is 12.2 Å². The van der Waals surface area contributed by atoms with E-state index in [9.17, 15) is 14.9 Å². The maximum atomic E-state index is 13.5. The van der Waals surface area contributed by atoms with E-state index in [0.29, 0.717) is 27.8 Å². The van der Waals surface area contributed by atoms with Crippen LogP contribution in [-0.4, -0.2) is 20.8 Å². The second kappa shape index (κ2) is 10.8. The zero-order chi connectivity index (χ0) is 28.5. The highest BCUT2D eigenvalue weighted by Gasteiger charge is 2.18. The number of ether oxygens (including phenoxy) is 1. The zero-order valence-corrected chi connectivity index (χ0v) is 23.2. The first-order chi connectivity index (χ1) is 19.9. The molecule has 0 unspecified atom stereocenters. The van der Waals surface area contributed by atoms with Crippen molar-refractivity contribution in [1.82, 2.24) is 9.66 Å². The summed E-state index contributed by atoms with van der Waals surface area (Å²) >= 11 is 3.46. The molecular formula is C31H21BrN4O5. The number of halogens is 1. The van der Waals surface area contributed by atoms with E-state index in [1.54, 1.807) is 36.4 Å². The van der Waals surface area contributed by atoms with E-state index in [2.05, 4.69) is 26.0 Å². The normalized spacial score (nSPS) is 11.5. The van der Waals surface area contributed by atoms with Crippen molar-refractivity contribution in [2.24, 2.45) is 5.10 Å². The van der Waals surface area contributed by atoms with Gasteiger partial charge in [0, 0.05) is 21.5 Å². The van der Waals surface area contributed by atoms with Gasteiger partial charge in [0.05, 0.1) is 22.0 Å². The Labute approximate surface area is 241 Å². The predicted octanol–water partition coefficient (Wildman–Crippen LogP) is 7.25. The number of hydrogen-bond donors (Lipinski definition) is 0. The smallest absolute Gasteiger partial charge is 0.311 e. The predicted molar refractivity (Wildman–Crippen MR) is 161 cm³/mol. The van der Waals surface area contributed by atoms with Crippen molar-refractivity contribution >= 4 is 49.7 Å². The van der Waals surface area contributed by atoms with Gasteiger partial charge in [-0.05, 0) is 61.0 Å². The Morgan fingerprint density at radius 1 is 1.05 bits per heavy atom. The molecule has 0 spiro atoms. The summed E-state index contributed by atoms with van der Waals surface area (Å²) in [5.41, 5.74) is 2.87. The van der Waals surface area contributed by atoms with Gasteiger partial charge in [0.15, 0.2) is 11.5 Å². The molecule has 0 bridgehead atoms. The van der Waals surface area contributed by atoms with Gasteiger partial charge in [-0.15, -0.1) is 0 Å². The largest absolute Gasteiger partial charge is 0.482 e. The van der Waals surface area contributed by atoms with E-state index < -0.39 is 10.5 Å². The van der Waals surface area contributed by atoms with Crippen LogP contribution < -0.4 is 10.3 Å². The number of aryl methyl sites for hydroxylation is 1. The minimum absolute atomic E-state index is 0.132. The van der Waals surface area contributed by atoms with Crippen LogP contribution in [0, 0.1) is 17.0 Å². The van der Waals surface area contributed by atoms with Crippen molar-refractivity contribution in [2.45, 2.75) is 13.5 Å². The van der Waals surface area contributed by atoms with Crippen molar-refractivity contribution in [2.75, 3.05) is 0 Å². The number of fused-ring (bicyclic) bond motifs is 2. The van der Waals surface area contributed by atoms with Crippen LogP contribution in [0.3, 0.4) is 0 Å². The first-order valence-electron chi connectivity index (χ1n) is 12.6. The Balaban J connectivity index is 1.39. The van der Waals surface area contributed by atoms with Gasteiger partial charge in [-0.25, -0.2) is 4.98 Å². The molecule has 9 nitrogen and oxygen atoms in total. The highest BCUT2D eigenvalue weighted by Crippen LogP contribution is 2.30. The molecule has 0 aliphatic heterocycles. The molecule has 0 saturated heterocycles. The van der Waals surface area contributed by atoms with Crippen LogP contribution >= 0.6 is 15.9 Å². The van der Waals surface area contributed by atoms with Gasteiger partial charge in [-0.2, -0.15) is 9.78 Å². The Bertz CT molecular complexity index is 2050. The molecule has 2 heterocycles. The second-order valence-corrected chi connectivity index (χ2v) is 10.3. The molecule has 0 amide bonds. The van der Waals surface area contributed by atoms with Crippen LogP contribution in [-0.2, 0) is 6.61 Å². The third kappa shape index (κ3) is 5.37. The van der Waals surface area contributed by atoms with Gasteiger partial charge in [0.25, 0.3) is 5.56 Å². The molecule has 0 aliphatic rings. The first kappa shape index (κ1) is 26.1. The van der Waals surface area contributed by atoms with E-state index in [1.165, 1.54) is 18.3 Å². The fourth-order valence-electron chi connectivity index (χ4n) is 4.48. The molecule has 0 radical (unpaired) electrons. The number of nitrogens with zero attached hydrogens (tertiary/aromatic N) is 4. The third-order valence-electron chi connectivity index (χ3n) is 6.43. The molecule has 6 rings (SSSR count). The van der Waals surface area contributed by atoms with Gasteiger partial charge < -0.3 is 9.15 Å². The van der Waals surface area contributed by atoms with Crippen molar-refractivity contribution < 1.29 is 14.1 Å². The maximum Gasteiger partial charge on any atom is 0.311 e. The number of furan rings is 1. The molecule has 41 heavy (non-hydrogen) atoms. The molecule has 0 atom stereocenters. The molecule has 0 aliphatic carbocycles. The highest BCUT2D eigenvalue weighted by molar-refractivity contribution is 9.10. The Morgan fingerprint density at radius 3 is 2.73 bits per heavy atom. The molecule has 6 aromatic rings. The fourth-order valence-corrected chi connectivity index (χ4v) is 4.86. The molecule has 202 valence electrons. The number of para-hydroxylation sites is 1. The van der Waals surface area contributed by atoms with Crippen LogP contribution in [0.2, 0.25) is 0 Å². The lowest BCUT2D eigenvalue weighted by Gasteiger charge is -2.09. The third-order valence-corrected chi connectivity index (χ3v) is 6.92. The topological polar surface area (TPSA) is 113 Å². The highest BCUT2D eigenvalue weighted by atomic mass is 79.9. The fraction of sp³-hybridized carbons (Fsp3) is 0.0645. The standard InChI is InChI=1S/C31H21BrN4O5/c1-19-5-4-6-21(13-19)18-40-28-11-9-20(14-26(28)36(38)39)17-33-35-30(34-25-8-3-2-7-24(25)31(35)37)29-16-22-15-23(32)10-12-27(22)41-29/h2-17H,18H2,1H3. The van der Waals surface area contributed by atoms with Gasteiger partial charge in [-0.1, -0.05) is 57.9 Å². The lowest BCUT2D eigenvalue weighted by Crippen LogP contribution is -2.20. The van der Waals surface area contributed by atoms with Crippen molar-refractivity contribution in [3.63, 3.8) is 0 Å². The lowest BCUT2D eigenvalue weighted by molar-refractivity contribution is -0.385. The Hall–Kier alpha value is -5.09. The number of aromatic nitrogens is 2. The average molecular weight is 609 g/mol. The molecule has 4 aromatic carbocycles. The van der Waals surface area contributed by atoms with E-state index in [1.807, 2.05) is 49.4 Å². The quantitative estimate of drug-likeness (QED) is 0.107. The van der Waals surface area contributed by atoms with Crippen molar-refractivity contribution in [3.05, 3.63) is 133 Å². The molecule has 10 heteroatoms. The second-order valence-electron chi connectivity index (χ2n) is 9.37. The average Bonchev–Trinajstić information content (AvgIpc) is 3.39. The summed E-state index contributed by atoms with van der Waals surface area (Å²) in [7, 11) is 0. The number of hydrogen-bond acceptors (Lipinski definition) is 7. The number of nitro groups is 1. The Morgan fingerprint density at radius 2 is 1.90 bits per heavy atom. The summed E-state index contributed by atoms with van der Waals surface area (Å²) in [5, 5.41) is 17.5. The number of rotatable bonds is 7. The summed E-state index contributed by atoms with van der Waals surface area (Å²) in [6.45, 7) is 2.15. The monoisotopic (exact) mass is 608 g/mol. The molecule has 2 aromatic heterocycles. The molecular weight excluding hydrogens is 588 g/mol. The van der Waals surface area contributed by atoms with Crippen molar-refractivity contribution in [3.8, 4) is 17.3 Å². The van der Waals surface area contributed by atoms with E-state index >= 15 is 0 Å². The molecule has 0 fully saturated rings. The SMILES string of the molecule is Cc1cccc(COc2ccc(C=Nn3c(-c4cc5cc(Br)ccc5o4)nc4ccccc4c3=O)cc2[N+](=O)[O-])c1. The summed E-state index contributed by atoms with van der Waals surface area (Å²) in [5.74, 6) is 0.682. The minimum Gasteiger partial charge on any atom is -0.482 e. The van der Waals surface area contributed by atoms with Gasteiger partial charge >= 0.3 is 5.69 Å². The molecule has 0 N–H and O–H groups in total. The van der Waals surface area contributed by atoms with Crippen LogP contribution in [0.1, 0.15) is 16.7 Å². The van der Waals surface area contributed by atoms with E-state index in [4.69, 9.17) is 9.15 Å². The zero-order valence-electron chi connectivity index (χ0n) is 21.7. The van der Waals surface area contributed by atoms with Crippen LogP contribution in [0.5, 0.6) is 5.75 Å². The summed E-state index contributed by atoms with van der Waals surface area (Å²) in [4.78, 5) is 29.5. The van der Waals surface area contributed by atoms with E-state index in [-0.39, 0.29) is 23.9 Å². The summed E-state index contributed by atoms with van der Waals surface area (Å²) in [6, 6.07) is 26.6. The summed E-state index contributed by atoms with van der Waals surface area (Å²) in [6.07, 6.45) is 1.37. The summed E-state index contributed by atoms with van der Waals surface area (Å²) < 4.78 is 13.8. The van der Waals surface area contributed by atoms with Gasteiger partial charge in [0.2, 0.25) is 5.82 Å². The first-order valence-corrected chi connectivity index (χ1v) is 13.4. The Kier molecular flexibility index (Phi) is 6.90. The number of nitro benzene ring substituents is 1. The van der Waals surface area contributed by atoms with E-state index in [0.717, 1.165) is 25.7 Å². The van der Waals surface area contributed by atoms with Crippen LogP contribution in [0.15, 0.2) is 110 Å². The maximum absolute atomic E-state index is 13.5.